The van der Waals surface area contributed by atoms with Gasteiger partial charge in [-0.2, -0.15) is 8.42 Å². The molecule has 12 nitrogen and oxygen atoms in total. The van der Waals surface area contributed by atoms with Crippen molar-refractivity contribution >= 4 is 43.8 Å². The molecule has 0 spiro atoms. The van der Waals surface area contributed by atoms with Crippen LogP contribution in [-0.2, 0) is 36.1 Å². The molecule has 0 saturated carbocycles. The van der Waals surface area contributed by atoms with Gasteiger partial charge in [0, 0.05) is 116 Å². The molecule has 4 aliphatic rings. The summed E-state index contributed by atoms with van der Waals surface area (Å²) >= 11 is 0. The van der Waals surface area contributed by atoms with Gasteiger partial charge in [0.2, 0.25) is 0 Å². The summed E-state index contributed by atoms with van der Waals surface area (Å²) in [6, 6.07) is 11.6. The van der Waals surface area contributed by atoms with Crippen LogP contribution < -0.4 is 0 Å². The second kappa shape index (κ2) is 14.6. The van der Waals surface area contributed by atoms with E-state index < -0.39 is 10.2 Å². The summed E-state index contributed by atoms with van der Waals surface area (Å²) < 4.78 is 29.4. The minimum absolute atomic E-state index is 0.0249. The van der Waals surface area contributed by atoms with Gasteiger partial charge >= 0.3 is 10.2 Å². The van der Waals surface area contributed by atoms with Crippen LogP contribution >= 0.6 is 0 Å². The Hall–Kier alpha value is -4.46. The van der Waals surface area contributed by atoms with Crippen molar-refractivity contribution in [3.05, 3.63) is 88.8 Å². The molecule has 1 N–H and O–H groups in total. The maximum Gasteiger partial charge on any atom is 0.335 e. The van der Waals surface area contributed by atoms with E-state index in [1.165, 1.54) is 39.3 Å². The average molecular weight is 753 g/mol. The maximum absolute atomic E-state index is 13.4. The number of likely N-dealkylation sites (tertiary alicyclic amines) is 2. The molecule has 4 aliphatic heterocycles. The molecular weight excluding hydrogens is 701 g/mol. The predicted octanol–water partition coefficient (Wildman–Crippen LogP) is 5.37. The molecule has 3 aromatic heterocycles. The zero-order chi connectivity index (χ0) is 37.7. The molecule has 2 saturated heterocycles. The van der Waals surface area contributed by atoms with Crippen molar-refractivity contribution in [1.82, 2.24) is 37.5 Å². The molecule has 5 aromatic rings. The van der Waals surface area contributed by atoms with Gasteiger partial charge in [-0.15, -0.1) is 0 Å². The van der Waals surface area contributed by atoms with Crippen molar-refractivity contribution in [1.29, 1.82) is 0 Å². The fourth-order valence-corrected chi connectivity index (χ4v) is 10.1. The Balaban J connectivity index is 0.000000160. The molecule has 54 heavy (non-hydrogen) atoms. The van der Waals surface area contributed by atoms with Gasteiger partial charge < -0.3 is 24.6 Å². The second-order valence-corrected chi connectivity index (χ2v) is 17.8. The van der Waals surface area contributed by atoms with E-state index in [1.807, 2.05) is 29.0 Å². The highest BCUT2D eigenvalue weighted by Gasteiger charge is 2.31. The lowest BCUT2D eigenvalue weighted by Gasteiger charge is -2.30. The van der Waals surface area contributed by atoms with Crippen molar-refractivity contribution in [2.24, 2.45) is 11.8 Å². The van der Waals surface area contributed by atoms with E-state index in [4.69, 9.17) is 0 Å². The largest absolute Gasteiger partial charge is 0.358 e. The van der Waals surface area contributed by atoms with Crippen LogP contribution in [0.3, 0.4) is 0 Å². The van der Waals surface area contributed by atoms with Gasteiger partial charge in [-0.3, -0.25) is 9.59 Å². The van der Waals surface area contributed by atoms with E-state index in [-0.39, 0.29) is 11.8 Å². The molecule has 0 atom stereocenters. The number of hydrogen-bond donors (Lipinski definition) is 1. The highest BCUT2D eigenvalue weighted by molar-refractivity contribution is 7.88. The van der Waals surface area contributed by atoms with Gasteiger partial charge in [0.15, 0.2) is 0 Å². The molecule has 7 heterocycles. The molecular formula is C41H52N8O4S. The SMILES string of the molecule is CC1CCN(C(=O)c2ccc3[nH]c4c(c3c2)CN(C)CC4)CC1.CC1CCN(C(=O)c2ccc3c(c2)c2c(n3S(=O)(=O)n3ccnc3)CCN(C)C2)CC1. The molecule has 0 bridgehead atoms. The number of nitrogens with one attached hydrogen (secondary N) is 1. The van der Waals surface area contributed by atoms with Crippen molar-refractivity contribution in [2.45, 2.75) is 65.5 Å². The molecule has 2 amide bonds. The number of imidazole rings is 1. The Bertz CT molecular complexity index is 2290. The molecule has 2 aromatic carbocycles. The highest BCUT2D eigenvalue weighted by atomic mass is 32.2. The number of aromatic amines is 1. The molecule has 0 unspecified atom stereocenters. The van der Waals surface area contributed by atoms with Crippen molar-refractivity contribution in [3.8, 4) is 0 Å². The Morgan fingerprint density at radius 1 is 0.741 bits per heavy atom. The standard InChI is InChI=1S/C22H27N5O3S.C19H25N3O/c1-16-5-10-25(11-6-16)22(28)17-3-4-20-18(13-17)19-14-24(2)9-7-21(19)27(20)31(29,30)26-12-8-23-15-26;1-13-5-9-22(10-6-13)19(23)14-3-4-17-15(11-14)16-12-21(2)8-7-18(16)20-17/h3-4,8,12-13,15-16H,5-7,9-11,14H2,1-2H3;3-4,11,13,20H,5-10,12H2,1-2H3. The van der Waals surface area contributed by atoms with E-state index in [1.54, 1.807) is 12.1 Å². The third kappa shape index (κ3) is 6.86. The molecule has 286 valence electrons. The van der Waals surface area contributed by atoms with Crippen LogP contribution in [0.15, 0.2) is 55.1 Å². The highest BCUT2D eigenvalue weighted by Crippen LogP contribution is 2.34. The molecule has 9 rings (SSSR count). The minimum Gasteiger partial charge on any atom is -0.358 e. The zero-order valence-electron chi connectivity index (χ0n) is 31.9. The molecule has 0 aliphatic carbocycles. The first-order valence-electron chi connectivity index (χ1n) is 19.5. The quantitative estimate of drug-likeness (QED) is 0.263. The van der Waals surface area contributed by atoms with Gasteiger partial charge in [0.1, 0.15) is 6.33 Å². The Labute approximate surface area is 317 Å². The van der Waals surface area contributed by atoms with Crippen LogP contribution in [0.4, 0.5) is 0 Å². The van der Waals surface area contributed by atoms with Crippen LogP contribution in [-0.4, -0.2) is 111 Å². The first kappa shape index (κ1) is 36.5. The average Bonchev–Trinajstić information content (AvgIpc) is 3.92. The van der Waals surface area contributed by atoms with E-state index in [2.05, 4.69) is 52.8 Å². The summed E-state index contributed by atoms with van der Waals surface area (Å²) in [4.78, 5) is 41.9. The second-order valence-electron chi connectivity index (χ2n) is 16.1. The third-order valence-corrected chi connectivity index (χ3v) is 13.7. The number of nitrogens with zero attached hydrogens (tertiary/aromatic N) is 7. The number of carbonyl (C=O) groups is 2. The van der Waals surface area contributed by atoms with Crippen molar-refractivity contribution < 1.29 is 18.0 Å². The van der Waals surface area contributed by atoms with Crippen LogP contribution in [0.1, 0.15) is 82.8 Å². The fourth-order valence-electron chi connectivity index (χ4n) is 8.60. The molecule has 13 heteroatoms. The lowest BCUT2D eigenvalue weighted by molar-refractivity contribution is 0.0689. The number of fused-ring (bicyclic) bond motifs is 6. The number of amides is 2. The molecule has 2 fully saturated rings. The van der Waals surface area contributed by atoms with Crippen molar-refractivity contribution in [3.63, 3.8) is 0 Å². The number of H-pyrrole nitrogens is 1. The molecule has 0 radical (unpaired) electrons. The third-order valence-electron chi connectivity index (χ3n) is 12.1. The fraction of sp³-hybridized carbons (Fsp3) is 0.488. The van der Waals surface area contributed by atoms with Crippen molar-refractivity contribution in [2.75, 3.05) is 53.4 Å². The van der Waals surface area contributed by atoms with Gasteiger partial charge in [-0.1, -0.05) is 13.8 Å². The van der Waals surface area contributed by atoms with E-state index in [9.17, 15) is 18.0 Å². The van der Waals surface area contributed by atoms with Crippen LogP contribution in [0.2, 0.25) is 0 Å². The number of piperidine rings is 2. The van der Waals surface area contributed by atoms with Gasteiger partial charge in [0.25, 0.3) is 11.8 Å². The lowest BCUT2D eigenvalue weighted by atomic mass is 9.98. The Morgan fingerprint density at radius 3 is 1.93 bits per heavy atom. The zero-order valence-corrected chi connectivity index (χ0v) is 32.7. The number of benzene rings is 2. The number of rotatable bonds is 4. The summed E-state index contributed by atoms with van der Waals surface area (Å²) in [6.45, 7) is 11.3. The normalized spacial score (nSPS) is 19.1. The lowest BCUT2D eigenvalue weighted by Crippen LogP contribution is -2.37. The summed E-state index contributed by atoms with van der Waals surface area (Å²) in [5.41, 5.74) is 7.71. The van der Waals surface area contributed by atoms with E-state index in [0.717, 1.165) is 116 Å². The Morgan fingerprint density at radius 2 is 1.31 bits per heavy atom. The summed E-state index contributed by atoms with van der Waals surface area (Å²) in [5, 5.41) is 2.06. The van der Waals surface area contributed by atoms with Gasteiger partial charge in [0.05, 0.1) is 5.52 Å². The first-order chi connectivity index (χ1) is 26.0. The van der Waals surface area contributed by atoms with Crippen LogP contribution in [0.25, 0.3) is 21.8 Å². The first-order valence-corrected chi connectivity index (χ1v) is 20.9. The predicted molar refractivity (Wildman–Crippen MR) is 211 cm³/mol. The summed E-state index contributed by atoms with van der Waals surface area (Å²) in [5.74, 6) is 1.61. The van der Waals surface area contributed by atoms with E-state index in [0.29, 0.717) is 30.0 Å². The van der Waals surface area contributed by atoms with E-state index >= 15 is 0 Å². The number of likely N-dealkylation sites (N-methyl/N-ethyl adjacent to an activating group) is 2. The smallest absolute Gasteiger partial charge is 0.335 e. The minimum atomic E-state index is -3.84. The number of hydrogen-bond acceptors (Lipinski definition) is 7. The summed E-state index contributed by atoms with van der Waals surface area (Å²) in [7, 11) is 0.346. The number of carbonyl (C=O) groups excluding carboxylic acids is 2. The van der Waals surface area contributed by atoms with Crippen LogP contribution in [0, 0.1) is 11.8 Å². The monoisotopic (exact) mass is 752 g/mol. The Kier molecular flexibility index (Phi) is 9.90. The maximum atomic E-state index is 13.4. The topological polar surface area (TPSA) is 120 Å². The van der Waals surface area contributed by atoms with Crippen LogP contribution in [0.5, 0.6) is 0 Å². The number of aromatic nitrogens is 4. The van der Waals surface area contributed by atoms with Gasteiger partial charge in [-0.25, -0.2) is 12.9 Å². The van der Waals surface area contributed by atoms with Gasteiger partial charge in [-0.05, 0) is 99.1 Å². The summed E-state index contributed by atoms with van der Waals surface area (Å²) in [6.07, 6.45) is 10.2.